The highest BCUT2D eigenvalue weighted by Gasteiger charge is 2.31. The molecule has 4 heteroatoms. The number of aryl methyl sites for hydroxylation is 2. The zero-order valence-electron chi connectivity index (χ0n) is 12.2. The Morgan fingerprint density at radius 2 is 2.21 bits per heavy atom. The van der Waals surface area contributed by atoms with Crippen LogP contribution in [-0.4, -0.2) is 25.2 Å². The van der Waals surface area contributed by atoms with Gasteiger partial charge in [-0.15, -0.1) is 0 Å². The molecule has 1 saturated heterocycles. The quantitative estimate of drug-likeness (QED) is 0.910. The minimum absolute atomic E-state index is 0.0521. The number of nitrogens with one attached hydrogen (secondary N) is 1. The lowest BCUT2D eigenvalue weighted by molar-refractivity contribution is 0.0533. The molecule has 19 heavy (non-hydrogen) atoms. The zero-order chi connectivity index (χ0) is 14.0. The van der Waals surface area contributed by atoms with Gasteiger partial charge in [-0.3, -0.25) is 4.79 Å². The lowest BCUT2D eigenvalue weighted by Crippen LogP contribution is -2.35. The van der Waals surface area contributed by atoms with Gasteiger partial charge in [0, 0.05) is 19.1 Å². The summed E-state index contributed by atoms with van der Waals surface area (Å²) in [4.78, 5) is 12.1. The summed E-state index contributed by atoms with van der Waals surface area (Å²) in [5.41, 5.74) is 0.637. The maximum atomic E-state index is 12.1. The molecule has 0 spiro atoms. The first kappa shape index (κ1) is 14.1. The number of carbonyl (C=O) groups excluding carboxylic acids is 1. The smallest absolute Gasteiger partial charge is 0.254 e. The molecule has 1 fully saturated rings. The molecule has 0 aliphatic carbocycles. The molecule has 106 valence electrons. The van der Waals surface area contributed by atoms with Gasteiger partial charge in [0.05, 0.1) is 11.7 Å². The van der Waals surface area contributed by atoms with Crippen molar-refractivity contribution in [3.63, 3.8) is 0 Å². The van der Waals surface area contributed by atoms with E-state index in [9.17, 15) is 4.79 Å². The molecule has 1 aromatic rings. The van der Waals surface area contributed by atoms with Crippen molar-refractivity contribution in [2.24, 2.45) is 11.8 Å². The van der Waals surface area contributed by atoms with Gasteiger partial charge in [-0.05, 0) is 32.3 Å². The molecule has 2 rings (SSSR count). The van der Waals surface area contributed by atoms with E-state index in [1.807, 2.05) is 13.8 Å². The predicted octanol–water partition coefficient (Wildman–Crippen LogP) is 2.69. The standard InChI is InChI=1S/C15H23NO3/c1-9(2)14-12(5-6-18-14)8-16-15(17)13-7-10(3)19-11(13)4/h7,9,12,14H,5-6,8H2,1-4H3,(H,16,17). The number of hydrogen-bond donors (Lipinski definition) is 1. The van der Waals surface area contributed by atoms with E-state index in [2.05, 4.69) is 19.2 Å². The van der Waals surface area contributed by atoms with Crippen LogP contribution in [0.1, 0.15) is 42.1 Å². The van der Waals surface area contributed by atoms with Gasteiger partial charge in [-0.2, -0.15) is 0 Å². The third-order valence-electron chi connectivity index (χ3n) is 3.73. The Kier molecular flexibility index (Phi) is 4.30. The van der Waals surface area contributed by atoms with Crippen LogP contribution in [0.5, 0.6) is 0 Å². The van der Waals surface area contributed by atoms with Crippen molar-refractivity contribution < 1.29 is 13.9 Å². The summed E-state index contributed by atoms with van der Waals surface area (Å²) < 4.78 is 11.1. The number of amides is 1. The fourth-order valence-electron chi connectivity index (χ4n) is 2.79. The zero-order valence-corrected chi connectivity index (χ0v) is 12.2. The SMILES string of the molecule is Cc1cc(C(=O)NCC2CCOC2C(C)C)c(C)o1. The highest BCUT2D eigenvalue weighted by molar-refractivity contribution is 5.95. The molecule has 2 atom stereocenters. The molecule has 1 N–H and O–H groups in total. The fraction of sp³-hybridized carbons (Fsp3) is 0.667. The molecule has 0 radical (unpaired) electrons. The summed E-state index contributed by atoms with van der Waals surface area (Å²) in [6.45, 7) is 9.46. The van der Waals surface area contributed by atoms with Crippen molar-refractivity contribution in [2.45, 2.75) is 40.2 Å². The molecular weight excluding hydrogens is 242 g/mol. The third kappa shape index (κ3) is 3.18. The normalized spacial score (nSPS) is 23.0. The first-order valence-corrected chi connectivity index (χ1v) is 6.96. The van der Waals surface area contributed by atoms with Gasteiger partial charge in [0.2, 0.25) is 0 Å². The molecule has 1 aromatic heterocycles. The van der Waals surface area contributed by atoms with Crippen molar-refractivity contribution in [2.75, 3.05) is 13.2 Å². The van der Waals surface area contributed by atoms with Crippen LogP contribution in [0.25, 0.3) is 0 Å². The summed E-state index contributed by atoms with van der Waals surface area (Å²) in [6.07, 6.45) is 1.28. The van der Waals surface area contributed by atoms with Crippen molar-refractivity contribution in [3.8, 4) is 0 Å². The molecule has 1 amide bonds. The number of rotatable bonds is 4. The average Bonchev–Trinajstić information content (AvgIpc) is 2.92. The van der Waals surface area contributed by atoms with E-state index in [0.717, 1.165) is 18.8 Å². The number of furan rings is 1. The van der Waals surface area contributed by atoms with E-state index >= 15 is 0 Å². The molecule has 2 unspecified atom stereocenters. The van der Waals surface area contributed by atoms with Crippen LogP contribution in [0.15, 0.2) is 10.5 Å². The van der Waals surface area contributed by atoms with Gasteiger partial charge in [0.15, 0.2) is 0 Å². The Balaban J connectivity index is 1.92. The molecular formula is C15H23NO3. The van der Waals surface area contributed by atoms with E-state index in [-0.39, 0.29) is 12.0 Å². The van der Waals surface area contributed by atoms with Gasteiger partial charge in [0.1, 0.15) is 11.5 Å². The third-order valence-corrected chi connectivity index (χ3v) is 3.73. The summed E-state index contributed by atoms with van der Waals surface area (Å²) >= 11 is 0. The molecule has 4 nitrogen and oxygen atoms in total. The van der Waals surface area contributed by atoms with Gasteiger partial charge in [-0.1, -0.05) is 13.8 Å². The fourth-order valence-corrected chi connectivity index (χ4v) is 2.79. The van der Waals surface area contributed by atoms with Gasteiger partial charge in [-0.25, -0.2) is 0 Å². The van der Waals surface area contributed by atoms with E-state index in [0.29, 0.717) is 29.7 Å². The number of carbonyl (C=O) groups is 1. The second kappa shape index (κ2) is 5.78. The maximum absolute atomic E-state index is 12.1. The summed E-state index contributed by atoms with van der Waals surface area (Å²) in [7, 11) is 0. The van der Waals surface area contributed by atoms with Crippen molar-refractivity contribution >= 4 is 5.91 Å². The molecule has 0 aromatic carbocycles. The second-order valence-electron chi connectivity index (χ2n) is 5.67. The van der Waals surface area contributed by atoms with Crippen LogP contribution in [-0.2, 0) is 4.74 Å². The van der Waals surface area contributed by atoms with Crippen LogP contribution in [0.2, 0.25) is 0 Å². The average molecular weight is 265 g/mol. The summed E-state index contributed by atoms with van der Waals surface area (Å²) in [5, 5.41) is 3.00. The highest BCUT2D eigenvalue weighted by Crippen LogP contribution is 2.26. The van der Waals surface area contributed by atoms with Crippen molar-refractivity contribution in [1.82, 2.24) is 5.32 Å². The minimum Gasteiger partial charge on any atom is -0.466 e. The van der Waals surface area contributed by atoms with E-state index in [1.54, 1.807) is 6.07 Å². The summed E-state index contributed by atoms with van der Waals surface area (Å²) in [6, 6.07) is 1.79. The molecule has 0 saturated carbocycles. The van der Waals surface area contributed by atoms with Gasteiger partial charge in [0.25, 0.3) is 5.91 Å². The molecule has 0 bridgehead atoms. The van der Waals surface area contributed by atoms with E-state index in [4.69, 9.17) is 9.15 Å². The molecule has 1 aliphatic heterocycles. The van der Waals surface area contributed by atoms with Crippen molar-refractivity contribution in [3.05, 3.63) is 23.2 Å². The number of ether oxygens (including phenoxy) is 1. The Hall–Kier alpha value is -1.29. The van der Waals surface area contributed by atoms with E-state index in [1.165, 1.54) is 0 Å². The van der Waals surface area contributed by atoms with Gasteiger partial charge >= 0.3 is 0 Å². The minimum atomic E-state index is -0.0521. The lowest BCUT2D eigenvalue weighted by Gasteiger charge is -2.22. The molecule has 2 heterocycles. The summed E-state index contributed by atoms with van der Waals surface area (Å²) in [5.74, 6) is 2.30. The van der Waals surface area contributed by atoms with Crippen molar-refractivity contribution in [1.29, 1.82) is 0 Å². The Bertz CT molecular complexity index is 450. The predicted molar refractivity (Wildman–Crippen MR) is 73.2 cm³/mol. The Morgan fingerprint density at radius 1 is 1.47 bits per heavy atom. The Labute approximate surface area is 114 Å². The van der Waals surface area contributed by atoms with Crippen LogP contribution in [0.4, 0.5) is 0 Å². The van der Waals surface area contributed by atoms with Crippen LogP contribution >= 0.6 is 0 Å². The highest BCUT2D eigenvalue weighted by atomic mass is 16.5. The van der Waals surface area contributed by atoms with Gasteiger partial charge < -0.3 is 14.5 Å². The molecule has 1 aliphatic rings. The van der Waals surface area contributed by atoms with E-state index < -0.39 is 0 Å². The lowest BCUT2D eigenvalue weighted by atomic mass is 9.93. The monoisotopic (exact) mass is 265 g/mol. The first-order chi connectivity index (χ1) is 8.99. The van der Waals surface area contributed by atoms with Crippen LogP contribution in [0, 0.1) is 25.7 Å². The maximum Gasteiger partial charge on any atom is 0.254 e. The largest absolute Gasteiger partial charge is 0.466 e. The Morgan fingerprint density at radius 3 is 2.79 bits per heavy atom. The second-order valence-corrected chi connectivity index (χ2v) is 5.67. The topological polar surface area (TPSA) is 51.5 Å². The van der Waals surface area contributed by atoms with Crippen LogP contribution in [0.3, 0.4) is 0 Å². The first-order valence-electron chi connectivity index (χ1n) is 6.96. The number of hydrogen-bond acceptors (Lipinski definition) is 3. The van der Waals surface area contributed by atoms with Crippen LogP contribution < -0.4 is 5.32 Å².